The lowest BCUT2D eigenvalue weighted by Gasteiger charge is -2.14. The van der Waals surface area contributed by atoms with Crippen LogP contribution in [0.25, 0.3) is 10.9 Å². The Kier molecular flexibility index (Phi) is 4.98. The number of para-hydroxylation sites is 1. The Bertz CT molecular complexity index is 956. The lowest BCUT2D eigenvalue weighted by Crippen LogP contribution is -2.28. The highest BCUT2D eigenvalue weighted by Gasteiger charge is 2.14. The van der Waals surface area contributed by atoms with E-state index in [-0.39, 0.29) is 11.5 Å². The van der Waals surface area contributed by atoms with Gasteiger partial charge in [0.2, 0.25) is 0 Å². The van der Waals surface area contributed by atoms with Crippen LogP contribution in [0.1, 0.15) is 34.8 Å². The van der Waals surface area contributed by atoms with Crippen LogP contribution in [0.15, 0.2) is 59.4 Å². The van der Waals surface area contributed by atoms with E-state index in [1.54, 1.807) is 4.57 Å². The molecule has 128 valence electrons. The predicted molar refractivity (Wildman–Crippen MR) is 101 cm³/mol. The first-order chi connectivity index (χ1) is 12.1. The Labute approximate surface area is 147 Å². The Morgan fingerprint density at radius 3 is 2.52 bits per heavy atom. The highest BCUT2D eigenvalue weighted by atomic mass is 16.2. The summed E-state index contributed by atoms with van der Waals surface area (Å²) in [7, 11) is 0. The van der Waals surface area contributed by atoms with E-state index in [0.29, 0.717) is 18.7 Å². The van der Waals surface area contributed by atoms with Crippen LogP contribution in [0.2, 0.25) is 0 Å². The largest absolute Gasteiger partial charge is 0.352 e. The molecule has 25 heavy (non-hydrogen) atoms. The minimum atomic E-state index is -0.197. The van der Waals surface area contributed by atoms with Crippen LogP contribution >= 0.6 is 0 Å². The minimum Gasteiger partial charge on any atom is -0.352 e. The Morgan fingerprint density at radius 1 is 1.08 bits per heavy atom. The van der Waals surface area contributed by atoms with Gasteiger partial charge in [0, 0.05) is 18.0 Å². The maximum Gasteiger partial charge on any atom is 0.252 e. The van der Waals surface area contributed by atoms with Gasteiger partial charge in [0.1, 0.15) is 0 Å². The first-order valence-electron chi connectivity index (χ1n) is 8.56. The first-order valence-corrected chi connectivity index (χ1v) is 8.56. The van der Waals surface area contributed by atoms with Crippen LogP contribution in [-0.2, 0) is 6.54 Å². The van der Waals surface area contributed by atoms with Gasteiger partial charge in [-0.3, -0.25) is 9.59 Å². The second kappa shape index (κ2) is 7.34. The number of nitrogens with one attached hydrogen (secondary N) is 1. The summed E-state index contributed by atoms with van der Waals surface area (Å²) in [5.41, 5.74) is 3.29. The third kappa shape index (κ3) is 3.63. The molecule has 0 atom stereocenters. The predicted octanol–water partition coefficient (Wildman–Crippen LogP) is 3.50. The van der Waals surface area contributed by atoms with Crippen molar-refractivity contribution in [2.24, 2.45) is 0 Å². The molecule has 1 N–H and O–H groups in total. The van der Waals surface area contributed by atoms with E-state index in [1.165, 1.54) is 11.6 Å². The molecular formula is C21H22N2O2. The quantitative estimate of drug-likeness (QED) is 0.776. The number of amides is 1. The topological polar surface area (TPSA) is 51.1 Å². The minimum absolute atomic E-state index is 0.166. The Balaban J connectivity index is 2.08. The van der Waals surface area contributed by atoms with Crippen molar-refractivity contribution in [3.05, 3.63) is 81.6 Å². The number of hydrogen-bond acceptors (Lipinski definition) is 2. The number of carbonyl (C=O) groups is 1. The normalized spacial score (nSPS) is 10.8. The number of fused-ring (bicyclic) bond motifs is 1. The van der Waals surface area contributed by atoms with Crippen molar-refractivity contribution in [2.75, 3.05) is 6.54 Å². The number of nitrogens with zero attached hydrogens (tertiary/aromatic N) is 1. The van der Waals surface area contributed by atoms with Crippen molar-refractivity contribution in [1.29, 1.82) is 0 Å². The van der Waals surface area contributed by atoms with Crippen LogP contribution < -0.4 is 10.9 Å². The summed E-state index contributed by atoms with van der Waals surface area (Å²) >= 11 is 0. The van der Waals surface area contributed by atoms with Gasteiger partial charge in [-0.1, -0.05) is 55.0 Å². The summed E-state index contributed by atoms with van der Waals surface area (Å²) in [6.45, 7) is 5.11. The third-order valence-corrected chi connectivity index (χ3v) is 4.26. The van der Waals surface area contributed by atoms with Crippen molar-refractivity contribution in [2.45, 2.75) is 26.8 Å². The summed E-state index contributed by atoms with van der Waals surface area (Å²) in [5, 5.41) is 3.65. The van der Waals surface area contributed by atoms with E-state index in [4.69, 9.17) is 0 Å². The van der Waals surface area contributed by atoms with Crippen molar-refractivity contribution in [3.8, 4) is 0 Å². The van der Waals surface area contributed by atoms with Gasteiger partial charge in [0.05, 0.1) is 17.6 Å². The molecule has 4 nitrogen and oxygen atoms in total. The number of carbonyl (C=O) groups excluding carboxylic acids is 1. The van der Waals surface area contributed by atoms with Crippen molar-refractivity contribution in [1.82, 2.24) is 9.88 Å². The van der Waals surface area contributed by atoms with Crippen LogP contribution in [0, 0.1) is 6.92 Å². The van der Waals surface area contributed by atoms with E-state index in [9.17, 15) is 9.59 Å². The van der Waals surface area contributed by atoms with Crippen LogP contribution in [-0.4, -0.2) is 17.0 Å². The number of aryl methyl sites for hydroxylation is 1. The molecule has 0 unspecified atom stereocenters. The van der Waals surface area contributed by atoms with Crippen molar-refractivity contribution in [3.63, 3.8) is 0 Å². The van der Waals surface area contributed by atoms with Gasteiger partial charge in [-0.2, -0.15) is 0 Å². The molecule has 0 aliphatic carbocycles. The van der Waals surface area contributed by atoms with E-state index in [1.807, 2.05) is 62.4 Å². The second-order valence-electron chi connectivity index (χ2n) is 6.24. The fourth-order valence-electron chi connectivity index (χ4n) is 2.90. The molecule has 0 bridgehead atoms. The number of hydrogen-bond donors (Lipinski definition) is 1. The Morgan fingerprint density at radius 2 is 1.80 bits per heavy atom. The zero-order valence-electron chi connectivity index (χ0n) is 14.6. The molecule has 0 radical (unpaired) electrons. The van der Waals surface area contributed by atoms with Gasteiger partial charge in [0.15, 0.2) is 0 Å². The monoisotopic (exact) mass is 334 g/mol. The molecule has 0 aliphatic heterocycles. The molecule has 1 heterocycles. The fourth-order valence-corrected chi connectivity index (χ4v) is 2.90. The summed E-state index contributed by atoms with van der Waals surface area (Å²) < 4.78 is 1.72. The molecule has 0 aliphatic rings. The summed E-state index contributed by atoms with van der Waals surface area (Å²) in [6.07, 6.45) is 0.855. The highest BCUT2D eigenvalue weighted by molar-refractivity contribution is 6.06. The first kappa shape index (κ1) is 17.0. The lowest BCUT2D eigenvalue weighted by molar-refractivity contribution is 0.0955. The lowest BCUT2D eigenvalue weighted by atomic mass is 10.1. The van der Waals surface area contributed by atoms with Gasteiger partial charge >= 0.3 is 0 Å². The van der Waals surface area contributed by atoms with Crippen LogP contribution in [0.3, 0.4) is 0 Å². The summed E-state index contributed by atoms with van der Waals surface area (Å²) in [5.74, 6) is -0.197. The van der Waals surface area contributed by atoms with Gasteiger partial charge in [-0.25, -0.2) is 0 Å². The molecule has 0 fully saturated rings. The van der Waals surface area contributed by atoms with Crippen molar-refractivity contribution < 1.29 is 4.79 Å². The third-order valence-electron chi connectivity index (χ3n) is 4.26. The molecule has 1 aromatic heterocycles. The summed E-state index contributed by atoms with van der Waals surface area (Å²) in [6, 6.07) is 17.1. The average molecular weight is 334 g/mol. The number of aromatic nitrogens is 1. The van der Waals surface area contributed by atoms with Crippen LogP contribution in [0.5, 0.6) is 0 Å². The second-order valence-corrected chi connectivity index (χ2v) is 6.24. The molecule has 2 aromatic carbocycles. The van der Waals surface area contributed by atoms with Gasteiger partial charge < -0.3 is 9.88 Å². The Hall–Kier alpha value is -2.88. The van der Waals surface area contributed by atoms with E-state index < -0.39 is 0 Å². The average Bonchev–Trinajstić information content (AvgIpc) is 2.63. The zero-order chi connectivity index (χ0) is 17.8. The van der Waals surface area contributed by atoms with E-state index in [2.05, 4.69) is 5.32 Å². The maximum absolute atomic E-state index is 12.7. The standard InChI is InChI=1S/C21H22N2O2/c1-3-12-22-21(25)18-13-20(24)23(19-7-5-4-6-17(18)19)14-16-10-8-15(2)9-11-16/h4-11,13H,3,12,14H2,1-2H3,(H,22,25). The SMILES string of the molecule is CCCNC(=O)c1cc(=O)n(Cc2ccc(C)cc2)c2ccccc12. The number of benzene rings is 2. The summed E-state index contributed by atoms with van der Waals surface area (Å²) in [4.78, 5) is 25.1. The molecule has 4 heteroatoms. The molecular weight excluding hydrogens is 312 g/mol. The van der Waals surface area contributed by atoms with E-state index in [0.717, 1.165) is 22.9 Å². The van der Waals surface area contributed by atoms with Crippen molar-refractivity contribution >= 4 is 16.8 Å². The molecule has 0 spiro atoms. The molecule has 3 rings (SSSR count). The molecule has 0 saturated carbocycles. The maximum atomic E-state index is 12.7. The van der Waals surface area contributed by atoms with Crippen LogP contribution in [0.4, 0.5) is 0 Å². The smallest absolute Gasteiger partial charge is 0.252 e. The van der Waals surface area contributed by atoms with Gasteiger partial charge in [0.25, 0.3) is 11.5 Å². The fraction of sp³-hybridized carbons (Fsp3) is 0.238. The molecule has 0 saturated heterocycles. The van der Waals surface area contributed by atoms with Gasteiger partial charge in [-0.05, 0) is 25.0 Å². The highest BCUT2D eigenvalue weighted by Crippen LogP contribution is 2.18. The molecule has 1 amide bonds. The number of pyridine rings is 1. The zero-order valence-corrected chi connectivity index (χ0v) is 14.6. The molecule has 3 aromatic rings. The van der Waals surface area contributed by atoms with E-state index >= 15 is 0 Å². The van der Waals surface area contributed by atoms with Gasteiger partial charge in [-0.15, -0.1) is 0 Å². The number of rotatable bonds is 5.